The summed E-state index contributed by atoms with van der Waals surface area (Å²) in [5.41, 5.74) is 0. The van der Waals surface area contributed by atoms with E-state index in [2.05, 4.69) is 5.32 Å². The van der Waals surface area contributed by atoms with E-state index in [1.54, 1.807) is 12.1 Å². The summed E-state index contributed by atoms with van der Waals surface area (Å²) in [5, 5.41) is 41.4. The van der Waals surface area contributed by atoms with Crippen LogP contribution in [0, 0.1) is 0 Å². The Bertz CT molecular complexity index is 734. The lowest BCUT2D eigenvalue weighted by Crippen LogP contribution is -2.59. The van der Waals surface area contributed by atoms with Crippen LogP contribution in [0.15, 0.2) is 18.2 Å². The number of rotatable bonds is 9. The van der Waals surface area contributed by atoms with Gasteiger partial charge < -0.3 is 40.0 Å². The quantitative estimate of drug-likeness (QED) is 0.241. The Kier molecular flexibility index (Phi) is 9.56. The normalized spacial score (nSPS) is 26.1. The van der Waals surface area contributed by atoms with E-state index in [1.807, 2.05) is 0 Å². The molecular formula is C18H23Cl2NO9. The van der Waals surface area contributed by atoms with E-state index in [0.29, 0.717) is 22.2 Å². The molecule has 5 atom stereocenters. The smallest absolute Gasteiger partial charge is 0.327 e. The molecule has 5 unspecified atom stereocenters. The van der Waals surface area contributed by atoms with E-state index in [1.165, 1.54) is 6.07 Å². The first-order chi connectivity index (χ1) is 14.2. The molecule has 1 aromatic rings. The molecule has 1 fully saturated rings. The summed E-state index contributed by atoms with van der Waals surface area (Å²) in [5.74, 6) is -0.937. The van der Waals surface area contributed by atoms with Crippen LogP contribution in [0.25, 0.3) is 0 Å². The summed E-state index contributed by atoms with van der Waals surface area (Å²) in [6, 6.07) is 4.77. The van der Waals surface area contributed by atoms with Gasteiger partial charge in [0, 0.05) is 11.4 Å². The zero-order chi connectivity index (χ0) is 22.3. The SMILES string of the molecule is O=C(CCCOc1ccc(Cl)cc1Cl)NCC(=O)OC1OC(CO)C(O)C(O)C1O. The van der Waals surface area contributed by atoms with Crippen molar-refractivity contribution in [2.24, 2.45) is 0 Å². The number of halogens is 2. The second-order valence-electron chi connectivity index (χ2n) is 6.49. The highest BCUT2D eigenvalue weighted by Gasteiger charge is 2.45. The first-order valence-corrected chi connectivity index (χ1v) is 9.83. The van der Waals surface area contributed by atoms with Crippen molar-refractivity contribution in [2.45, 2.75) is 43.5 Å². The fraction of sp³-hybridized carbons (Fsp3) is 0.556. The van der Waals surface area contributed by atoms with Crippen molar-refractivity contribution in [2.75, 3.05) is 19.8 Å². The van der Waals surface area contributed by atoms with Gasteiger partial charge >= 0.3 is 5.97 Å². The third-order valence-electron chi connectivity index (χ3n) is 4.23. The van der Waals surface area contributed by atoms with E-state index in [9.17, 15) is 24.9 Å². The minimum Gasteiger partial charge on any atom is -0.492 e. The zero-order valence-corrected chi connectivity index (χ0v) is 17.3. The lowest BCUT2D eigenvalue weighted by Gasteiger charge is -2.39. The molecule has 5 N–H and O–H groups in total. The van der Waals surface area contributed by atoms with Crippen molar-refractivity contribution in [3.63, 3.8) is 0 Å². The summed E-state index contributed by atoms with van der Waals surface area (Å²) >= 11 is 11.8. The molecule has 0 bridgehead atoms. The van der Waals surface area contributed by atoms with Crippen molar-refractivity contribution in [3.05, 3.63) is 28.2 Å². The van der Waals surface area contributed by atoms with Gasteiger partial charge in [-0.25, -0.2) is 0 Å². The van der Waals surface area contributed by atoms with Gasteiger partial charge in [-0.1, -0.05) is 23.2 Å². The molecule has 0 spiro atoms. The predicted molar refractivity (Wildman–Crippen MR) is 104 cm³/mol. The van der Waals surface area contributed by atoms with Gasteiger partial charge in [0.2, 0.25) is 12.2 Å². The van der Waals surface area contributed by atoms with Crippen LogP contribution < -0.4 is 10.1 Å². The molecule has 1 saturated heterocycles. The number of amides is 1. The zero-order valence-electron chi connectivity index (χ0n) is 15.7. The number of nitrogens with one attached hydrogen (secondary N) is 1. The maximum absolute atomic E-state index is 11.8. The minimum absolute atomic E-state index is 0.0680. The molecule has 1 aliphatic rings. The molecule has 10 nitrogen and oxygen atoms in total. The van der Waals surface area contributed by atoms with Crippen LogP contribution in [0.5, 0.6) is 5.75 Å². The standard InChI is InChI=1S/C18H23Cl2NO9/c19-9-3-4-11(10(20)6-9)28-5-1-2-13(23)21-7-14(24)30-18-17(27)16(26)15(25)12(8-22)29-18/h3-4,6,12,15-18,22,25-27H,1-2,5,7-8H2,(H,21,23). The van der Waals surface area contributed by atoms with E-state index in [4.69, 9.17) is 42.5 Å². The lowest BCUT2D eigenvalue weighted by molar-refractivity contribution is -0.292. The summed E-state index contributed by atoms with van der Waals surface area (Å²) < 4.78 is 15.3. The van der Waals surface area contributed by atoms with Gasteiger partial charge in [0.15, 0.2) is 0 Å². The maximum atomic E-state index is 11.8. The van der Waals surface area contributed by atoms with Crippen LogP contribution in [0.2, 0.25) is 10.0 Å². The van der Waals surface area contributed by atoms with Gasteiger partial charge in [0.1, 0.15) is 36.7 Å². The van der Waals surface area contributed by atoms with Gasteiger partial charge in [-0.05, 0) is 24.6 Å². The molecule has 1 aromatic carbocycles. The highest BCUT2D eigenvalue weighted by Crippen LogP contribution is 2.27. The molecule has 0 aliphatic carbocycles. The molecule has 1 aliphatic heterocycles. The third kappa shape index (κ3) is 6.95. The topological polar surface area (TPSA) is 155 Å². The Morgan fingerprint density at radius 3 is 2.53 bits per heavy atom. The minimum atomic E-state index is -1.71. The fourth-order valence-electron chi connectivity index (χ4n) is 2.60. The third-order valence-corrected chi connectivity index (χ3v) is 4.76. The monoisotopic (exact) mass is 467 g/mol. The van der Waals surface area contributed by atoms with Crippen LogP contribution in [0.3, 0.4) is 0 Å². The number of benzene rings is 1. The van der Waals surface area contributed by atoms with E-state index in [-0.39, 0.29) is 13.0 Å². The second-order valence-corrected chi connectivity index (χ2v) is 7.33. The van der Waals surface area contributed by atoms with Crippen molar-refractivity contribution in [1.29, 1.82) is 0 Å². The Hall–Kier alpha value is -1.66. The van der Waals surface area contributed by atoms with E-state index in [0.717, 1.165) is 0 Å². The Balaban J connectivity index is 1.67. The number of carbonyl (C=O) groups is 2. The number of hydrogen-bond acceptors (Lipinski definition) is 9. The maximum Gasteiger partial charge on any atom is 0.327 e. The van der Waals surface area contributed by atoms with Crippen LogP contribution >= 0.6 is 23.2 Å². The Morgan fingerprint density at radius 1 is 1.13 bits per heavy atom. The number of esters is 1. The molecule has 1 amide bonds. The number of aliphatic hydroxyl groups is 4. The van der Waals surface area contributed by atoms with E-state index < -0.39 is 55.7 Å². The summed E-state index contributed by atoms with van der Waals surface area (Å²) in [6.45, 7) is -0.944. The predicted octanol–water partition coefficient (Wildman–Crippen LogP) is -0.388. The molecule has 12 heteroatoms. The second kappa shape index (κ2) is 11.7. The average Bonchev–Trinajstić information content (AvgIpc) is 2.71. The Labute approximate surface area is 182 Å². The molecule has 0 saturated carbocycles. The first-order valence-electron chi connectivity index (χ1n) is 9.07. The largest absolute Gasteiger partial charge is 0.492 e. The van der Waals surface area contributed by atoms with Crippen molar-refractivity contribution in [1.82, 2.24) is 5.32 Å². The number of carbonyl (C=O) groups excluding carboxylic acids is 2. The molecule has 2 rings (SSSR count). The molecule has 0 radical (unpaired) electrons. The molecule has 1 heterocycles. The van der Waals surface area contributed by atoms with Crippen LogP contribution in [-0.2, 0) is 19.1 Å². The fourth-order valence-corrected chi connectivity index (χ4v) is 3.07. The van der Waals surface area contributed by atoms with E-state index >= 15 is 0 Å². The van der Waals surface area contributed by atoms with Crippen LogP contribution in [-0.4, -0.2) is 82.8 Å². The average molecular weight is 468 g/mol. The van der Waals surface area contributed by atoms with Crippen molar-refractivity contribution in [3.8, 4) is 5.75 Å². The first kappa shape index (κ1) is 24.6. The molecular weight excluding hydrogens is 445 g/mol. The summed E-state index contributed by atoms with van der Waals surface area (Å²) in [4.78, 5) is 23.7. The van der Waals surface area contributed by atoms with Gasteiger partial charge in [-0.3, -0.25) is 9.59 Å². The summed E-state index contributed by atoms with van der Waals surface area (Å²) in [7, 11) is 0. The molecule has 30 heavy (non-hydrogen) atoms. The van der Waals surface area contributed by atoms with Crippen LogP contribution in [0.4, 0.5) is 0 Å². The molecule has 0 aromatic heterocycles. The number of ether oxygens (including phenoxy) is 3. The van der Waals surface area contributed by atoms with Gasteiger partial charge in [-0.15, -0.1) is 0 Å². The number of hydrogen-bond donors (Lipinski definition) is 5. The lowest BCUT2D eigenvalue weighted by atomic mass is 9.99. The van der Waals surface area contributed by atoms with Crippen LogP contribution in [0.1, 0.15) is 12.8 Å². The van der Waals surface area contributed by atoms with Gasteiger partial charge in [-0.2, -0.15) is 0 Å². The molecule has 168 valence electrons. The highest BCUT2D eigenvalue weighted by atomic mass is 35.5. The van der Waals surface area contributed by atoms with Gasteiger partial charge in [0.05, 0.1) is 18.2 Å². The highest BCUT2D eigenvalue weighted by molar-refractivity contribution is 6.35. The van der Waals surface area contributed by atoms with Crippen molar-refractivity contribution < 1.29 is 44.2 Å². The Morgan fingerprint density at radius 2 is 1.87 bits per heavy atom. The number of aliphatic hydroxyl groups excluding tert-OH is 4. The summed E-state index contributed by atoms with van der Waals surface area (Å²) in [6.07, 6.45) is -7.32. The van der Waals surface area contributed by atoms with Crippen molar-refractivity contribution >= 4 is 35.1 Å². The van der Waals surface area contributed by atoms with Gasteiger partial charge in [0.25, 0.3) is 0 Å².